The third-order valence-electron chi connectivity index (χ3n) is 1.67. The molecule has 0 radical (unpaired) electrons. The first-order chi connectivity index (χ1) is 6.06. The van der Waals surface area contributed by atoms with E-state index < -0.39 is 5.97 Å². The third kappa shape index (κ3) is 2.01. The second-order valence-electron chi connectivity index (χ2n) is 2.61. The molecule has 0 aliphatic rings. The number of methoxy groups -OCH3 is 1. The van der Waals surface area contributed by atoms with Gasteiger partial charge in [-0.15, -0.1) is 0 Å². The quantitative estimate of drug-likeness (QED) is 0.870. The maximum atomic E-state index is 10.8. The van der Waals surface area contributed by atoms with E-state index in [4.69, 9.17) is 9.84 Å². The Hall–Kier alpha value is -1.03. The number of hydrogen-bond acceptors (Lipinski definition) is 2. The van der Waals surface area contributed by atoms with Crippen LogP contribution in [0.15, 0.2) is 16.6 Å². The van der Waals surface area contributed by atoms with Gasteiger partial charge in [0.1, 0.15) is 11.3 Å². The highest BCUT2D eigenvalue weighted by Gasteiger charge is 2.13. The van der Waals surface area contributed by atoms with Crippen LogP contribution in [0.1, 0.15) is 15.9 Å². The molecule has 0 unspecified atom stereocenters. The second-order valence-corrected chi connectivity index (χ2v) is 3.52. The highest BCUT2D eigenvalue weighted by molar-refractivity contribution is 9.10. The smallest absolute Gasteiger partial charge is 0.339 e. The van der Waals surface area contributed by atoms with Crippen LogP contribution >= 0.6 is 15.9 Å². The van der Waals surface area contributed by atoms with Crippen LogP contribution in [0, 0.1) is 6.92 Å². The zero-order valence-electron chi connectivity index (χ0n) is 7.30. The van der Waals surface area contributed by atoms with Crippen molar-refractivity contribution in [1.29, 1.82) is 0 Å². The van der Waals surface area contributed by atoms with E-state index in [9.17, 15) is 4.79 Å². The van der Waals surface area contributed by atoms with Gasteiger partial charge in [0.15, 0.2) is 0 Å². The van der Waals surface area contributed by atoms with Gasteiger partial charge < -0.3 is 9.84 Å². The van der Waals surface area contributed by atoms with Crippen molar-refractivity contribution in [2.24, 2.45) is 0 Å². The van der Waals surface area contributed by atoms with Crippen LogP contribution < -0.4 is 4.74 Å². The molecule has 1 rings (SSSR count). The molecule has 0 spiro atoms. The molecule has 0 saturated carbocycles. The van der Waals surface area contributed by atoms with E-state index in [0.29, 0.717) is 5.75 Å². The molecule has 0 atom stereocenters. The van der Waals surface area contributed by atoms with Crippen molar-refractivity contribution in [3.8, 4) is 5.75 Å². The summed E-state index contributed by atoms with van der Waals surface area (Å²) in [5, 5.41) is 8.84. The molecule has 0 aliphatic heterocycles. The minimum Gasteiger partial charge on any atom is -0.496 e. The number of benzene rings is 1. The number of aryl methyl sites for hydroxylation is 1. The molecule has 1 aromatic rings. The summed E-state index contributed by atoms with van der Waals surface area (Å²) in [5.74, 6) is -0.572. The first-order valence-electron chi connectivity index (χ1n) is 3.63. The SMILES string of the molecule is COc1c(C)cc(Br)cc1C(=O)O. The Balaban J connectivity index is 3.38. The van der Waals surface area contributed by atoms with Crippen LogP contribution in [0.2, 0.25) is 0 Å². The Labute approximate surface area is 84.5 Å². The fraction of sp³-hybridized carbons (Fsp3) is 0.222. The Kier molecular flexibility index (Phi) is 2.93. The minimum absolute atomic E-state index is 0.175. The van der Waals surface area contributed by atoms with Gasteiger partial charge in [-0.25, -0.2) is 4.79 Å². The van der Waals surface area contributed by atoms with Gasteiger partial charge in [0.2, 0.25) is 0 Å². The lowest BCUT2D eigenvalue weighted by molar-refractivity contribution is 0.0693. The summed E-state index contributed by atoms with van der Waals surface area (Å²) >= 11 is 3.23. The van der Waals surface area contributed by atoms with Crippen LogP contribution in [-0.4, -0.2) is 18.2 Å². The average molecular weight is 245 g/mol. The topological polar surface area (TPSA) is 46.5 Å². The highest BCUT2D eigenvalue weighted by atomic mass is 79.9. The molecular weight excluding hydrogens is 236 g/mol. The fourth-order valence-electron chi connectivity index (χ4n) is 1.16. The summed E-state index contributed by atoms with van der Waals surface area (Å²) in [6, 6.07) is 3.33. The van der Waals surface area contributed by atoms with Crippen LogP contribution in [0.25, 0.3) is 0 Å². The minimum atomic E-state index is -0.985. The number of ether oxygens (including phenoxy) is 1. The van der Waals surface area contributed by atoms with Crippen molar-refractivity contribution in [1.82, 2.24) is 0 Å². The normalized spacial score (nSPS) is 9.77. The lowest BCUT2D eigenvalue weighted by atomic mass is 10.1. The molecule has 1 N–H and O–H groups in total. The van der Waals surface area contributed by atoms with E-state index in [-0.39, 0.29) is 5.56 Å². The first kappa shape index (κ1) is 10.1. The third-order valence-corrected chi connectivity index (χ3v) is 2.13. The monoisotopic (exact) mass is 244 g/mol. The lowest BCUT2D eigenvalue weighted by Gasteiger charge is -2.08. The van der Waals surface area contributed by atoms with E-state index in [1.807, 2.05) is 6.07 Å². The van der Waals surface area contributed by atoms with E-state index in [2.05, 4.69) is 15.9 Å². The zero-order chi connectivity index (χ0) is 10.0. The van der Waals surface area contributed by atoms with Crippen molar-refractivity contribution >= 4 is 21.9 Å². The number of aromatic carboxylic acids is 1. The molecule has 13 heavy (non-hydrogen) atoms. The number of carbonyl (C=O) groups is 1. The summed E-state index contributed by atoms with van der Waals surface area (Å²) in [4.78, 5) is 10.8. The lowest BCUT2D eigenvalue weighted by Crippen LogP contribution is -2.02. The number of hydrogen-bond donors (Lipinski definition) is 1. The molecule has 3 nitrogen and oxygen atoms in total. The van der Waals surface area contributed by atoms with Gasteiger partial charge in [0.05, 0.1) is 7.11 Å². The molecule has 0 aliphatic carbocycles. The Morgan fingerprint density at radius 3 is 2.62 bits per heavy atom. The number of halogens is 1. The first-order valence-corrected chi connectivity index (χ1v) is 4.43. The summed E-state index contributed by atoms with van der Waals surface area (Å²) < 4.78 is 5.73. The van der Waals surface area contributed by atoms with Crippen molar-refractivity contribution < 1.29 is 14.6 Å². The van der Waals surface area contributed by atoms with Gasteiger partial charge in [0, 0.05) is 4.47 Å². The van der Waals surface area contributed by atoms with Gasteiger partial charge in [-0.05, 0) is 24.6 Å². The Bertz CT molecular complexity index is 347. The maximum Gasteiger partial charge on any atom is 0.339 e. The zero-order valence-corrected chi connectivity index (χ0v) is 8.88. The van der Waals surface area contributed by atoms with Gasteiger partial charge >= 0.3 is 5.97 Å². The van der Waals surface area contributed by atoms with Crippen LogP contribution in [0.5, 0.6) is 5.75 Å². The predicted octanol–water partition coefficient (Wildman–Crippen LogP) is 2.46. The van der Waals surface area contributed by atoms with E-state index in [1.165, 1.54) is 13.2 Å². The molecule has 0 saturated heterocycles. The van der Waals surface area contributed by atoms with Gasteiger partial charge in [-0.3, -0.25) is 0 Å². The Morgan fingerprint density at radius 1 is 1.54 bits per heavy atom. The van der Waals surface area contributed by atoms with Crippen LogP contribution in [0.4, 0.5) is 0 Å². The molecule has 70 valence electrons. The number of carboxylic acids is 1. The second kappa shape index (κ2) is 3.79. The number of rotatable bonds is 2. The van der Waals surface area contributed by atoms with Crippen LogP contribution in [0.3, 0.4) is 0 Å². The summed E-state index contributed by atoms with van der Waals surface area (Å²) in [5.41, 5.74) is 0.976. The summed E-state index contributed by atoms with van der Waals surface area (Å²) in [7, 11) is 1.46. The molecule has 0 fully saturated rings. The van der Waals surface area contributed by atoms with E-state index in [1.54, 1.807) is 6.92 Å². The molecule has 0 amide bonds. The standard InChI is InChI=1S/C9H9BrO3/c1-5-3-6(10)4-7(9(11)12)8(5)13-2/h3-4H,1-2H3,(H,11,12). The van der Waals surface area contributed by atoms with E-state index >= 15 is 0 Å². The maximum absolute atomic E-state index is 10.8. The molecule has 1 aromatic carbocycles. The Morgan fingerprint density at radius 2 is 2.15 bits per heavy atom. The summed E-state index contributed by atoms with van der Waals surface area (Å²) in [6.07, 6.45) is 0. The van der Waals surface area contributed by atoms with Gasteiger partial charge in [-0.2, -0.15) is 0 Å². The van der Waals surface area contributed by atoms with E-state index in [0.717, 1.165) is 10.0 Å². The predicted molar refractivity (Wildman–Crippen MR) is 52.4 cm³/mol. The molecule has 0 aromatic heterocycles. The van der Waals surface area contributed by atoms with Crippen molar-refractivity contribution in [3.05, 3.63) is 27.7 Å². The largest absolute Gasteiger partial charge is 0.496 e. The number of carboxylic acid groups (broad SMARTS) is 1. The fourth-order valence-corrected chi connectivity index (χ4v) is 1.73. The molecule has 4 heteroatoms. The van der Waals surface area contributed by atoms with Crippen molar-refractivity contribution in [2.45, 2.75) is 6.92 Å². The van der Waals surface area contributed by atoms with Crippen molar-refractivity contribution in [2.75, 3.05) is 7.11 Å². The highest BCUT2D eigenvalue weighted by Crippen LogP contribution is 2.27. The molecular formula is C9H9BrO3. The van der Waals surface area contributed by atoms with Crippen molar-refractivity contribution in [3.63, 3.8) is 0 Å². The van der Waals surface area contributed by atoms with Gasteiger partial charge in [-0.1, -0.05) is 15.9 Å². The molecule has 0 bridgehead atoms. The molecule has 0 heterocycles. The van der Waals surface area contributed by atoms with Gasteiger partial charge in [0.25, 0.3) is 0 Å². The average Bonchev–Trinajstić information content (AvgIpc) is 2.02. The summed E-state index contributed by atoms with van der Waals surface area (Å²) in [6.45, 7) is 1.80. The van der Waals surface area contributed by atoms with Crippen LogP contribution in [-0.2, 0) is 0 Å².